The molecule has 0 unspecified atom stereocenters. The van der Waals surface area contributed by atoms with Crippen LogP contribution >= 0.6 is 0 Å². The number of carbonyl (C=O) groups is 1. The summed E-state index contributed by atoms with van der Waals surface area (Å²) in [6.45, 7) is 8.55. The number of hydrogen-bond donors (Lipinski definition) is 1. The zero-order valence-corrected chi connectivity index (χ0v) is 11.0. The van der Waals surface area contributed by atoms with E-state index in [0.717, 1.165) is 12.8 Å². The molecule has 0 radical (unpaired) electrons. The van der Waals surface area contributed by atoms with Crippen LogP contribution in [-0.2, 0) is 9.63 Å². The molecular formula is C12H24N2O2. The van der Waals surface area contributed by atoms with E-state index in [9.17, 15) is 4.79 Å². The topological polar surface area (TPSA) is 41.6 Å². The Morgan fingerprint density at radius 3 is 2.25 bits per heavy atom. The van der Waals surface area contributed by atoms with Gasteiger partial charge in [0.2, 0.25) is 0 Å². The van der Waals surface area contributed by atoms with Crippen LogP contribution in [0.25, 0.3) is 0 Å². The summed E-state index contributed by atoms with van der Waals surface area (Å²) in [4.78, 5) is 17.2. The molecule has 0 aromatic rings. The first-order valence-corrected chi connectivity index (χ1v) is 6.09. The van der Waals surface area contributed by atoms with Crippen molar-refractivity contribution < 1.29 is 9.63 Å². The molecule has 1 N–H and O–H groups in total. The molecule has 2 atom stereocenters. The zero-order valence-electron chi connectivity index (χ0n) is 11.0. The SMILES string of the molecule is CON1C(=O)[C@H](CC(C)C)N[C@H]1CC(C)C. The van der Waals surface area contributed by atoms with Gasteiger partial charge in [-0.05, 0) is 24.7 Å². The van der Waals surface area contributed by atoms with Crippen LogP contribution in [0.5, 0.6) is 0 Å². The highest BCUT2D eigenvalue weighted by atomic mass is 16.7. The van der Waals surface area contributed by atoms with Crippen molar-refractivity contribution in [3.8, 4) is 0 Å². The van der Waals surface area contributed by atoms with E-state index in [1.54, 1.807) is 7.11 Å². The Morgan fingerprint density at radius 2 is 1.81 bits per heavy atom. The molecule has 94 valence electrons. The average Bonchev–Trinajstić information content (AvgIpc) is 2.41. The van der Waals surface area contributed by atoms with Gasteiger partial charge in [0, 0.05) is 0 Å². The molecule has 1 fully saturated rings. The van der Waals surface area contributed by atoms with E-state index in [2.05, 4.69) is 33.0 Å². The monoisotopic (exact) mass is 228 g/mol. The van der Waals surface area contributed by atoms with Crippen molar-refractivity contribution in [2.75, 3.05) is 7.11 Å². The fraction of sp³-hybridized carbons (Fsp3) is 0.917. The minimum absolute atomic E-state index is 0.0289. The third-order valence-corrected chi connectivity index (χ3v) is 2.79. The van der Waals surface area contributed by atoms with Crippen LogP contribution in [0, 0.1) is 11.8 Å². The van der Waals surface area contributed by atoms with Crippen molar-refractivity contribution >= 4 is 5.91 Å². The summed E-state index contributed by atoms with van der Waals surface area (Å²) in [7, 11) is 1.56. The van der Waals surface area contributed by atoms with Gasteiger partial charge in [-0.15, -0.1) is 0 Å². The van der Waals surface area contributed by atoms with Crippen LogP contribution in [0.1, 0.15) is 40.5 Å². The lowest BCUT2D eigenvalue weighted by Crippen LogP contribution is -2.37. The summed E-state index contributed by atoms with van der Waals surface area (Å²) in [5.74, 6) is 1.13. The second-order valence-corrected chi connectivity index (χ2v) is 5.34. The predicted molar refractivity (Wildman–Crippen MR) is 63.5 cm³/mol. The second kappa shape index (κ2) is 5.64. The standard InChI is InChI=1S/C12H24N2O2/c1-8(2)6-10-12(15)14(16-5)11(13-10)7-9(3)4/h8-11,13H,6-7H2,1-5H3/t10-,11+/m0/s1. The third kappa shape index (κ3) is 3.19. The number of carbonyl (C=O) groups excluding carboxylic acids is 1. The summed E-state index contributed by atoms with van der Waals surface area (Å²) in [5.41, 5.74) is 0. The number of nitrogens with zero attached hydrogens (tertiary/aromatic N) is 1. The quantitative estimate of drug-likeness (QED) is 0.779. The van der Waals surface area contributed by atoms with Crippen LogP contribution in [0.4, 0.5) is 0 Å². The maximum atomic E-state index is 12.0. The highest BCUT2D eigenvalue weighted by Crippen LogP contribution is 2.21. The van der Waals surface area contributed by atoms with E-state index in [4.69, 9.17) is 4.84 Å². The van der Waals surface area contributed by atoms with Crippen LogP contribution in [0.15, 0.2) is 0 Å². The molecule has 0 aromatic carbocycles. The molecule has 1 aliphatic heterocycles. The van der Waals surface area contributed by atoms with Crippen LogP contribution < -0.4 is 5.32 Å². The maximum Gasteiger partial charge on any atom is 0.264 e. The number of rotatable bonds is 5. The Morgan fingerprint density at radius 1 is 1.25 bits per heavy atom. The van der Waals surface area contributed by atoms with Gasteiger partial charge in [-0.25, -0.2) is 5.06 Å². The summed E-state index contributed by atoms with van der Waals surface area (Å²) < 4.78 is 0. The van der Waals surface area contributed by atoms with Gasteiger partial charge >= 0.3 is 0 Å². The Kier molecular flexibility index (Phi) is 4.74. The minimum atomic E-state index is -0.0799. The fourth-order valence-corrected chi connectivity index (χ4v) is 2.15. The molecule has 1 saturated heterocycles. The van der Waals surface area contributed by atoms with Crippen LogP contribution in [-0.4, -0.2) is 30.3 Å². The van der Waals surface area contributed by atoms with Crippen molar-refractivity contribution in [2.24, 2.45) is 11.8 Å². The number of amides is 1. The van der Waals surface area contributed by atoms with E-state index in [0.29, 0.717) is 11.8 Å². The molecule has 0 aliphatic carbocycles. The lowest BCUT2D eigenvalue weighted by molar-refractivity contribution is -0.180. The van der Waals surface area contributed by atoms with Crippen LogP contribution in [0.3, 0.4) is 0 Å². The predicted octanol–water partition coefficient (Wildman–Crippen LogP) is 1.77. The molecule has 0 aromatic heterocycles. The number of hydrogen-bond acceptors (Lipinski definition) is 3. The molecule has 4 heteroatoms. The first kappa shape index (κ1) is 13.5. The summed E-state index contributed by atoms with van der Waals surface area (Å²) in [6, 6.07) is -0.0799. The molecule has 1 amide bonds. The van der Waals surface area contributed by atoms with Crippen molar-refractivity contribution in [1.82, 2.24) is 10.4 Å². The molecule has 0 bridgehead atoms. The Balaban J connectivity index is 2.63. The highest BCUT2D eigenvalue weighted by molar-refractivity contribution is 5.83. The van der Waals surface area contributed by atoms with Gasteiger partial charge in [0.15, 0.2) is 0 Å². The number of nitrogens with one attached hydrogen (secondary N) is 1. The van der Waals surface area contributed by atoms with Crippen molar-refractivity contribution in [3.05, 3.63) is 0 Å². The summed E-state index contributed by atoms with van der Waals surface area (Å²) in [5, 5.41) is 4.85. The fourth-order valence-electron chi connectivity index (χ4n) is 2.15. The molecule has 16 heavy (non-hydrogen) atoms. The smallest absolute Gasteiger partial charge is 0.264 e. The van der Waals surface area contributed by atoms with Crippen molar-refractivity contribution in [3.63, 3.8) is 0 Å². The average molecular weight is 228 g/mol. The first-order valence-electron chi connectivity index (χ1n) is 6.09. The Bertz CT molecular complexity index is 241. The van der Waals surface area contributed by atoms with E-state index in [1.807, 2.05) is 0 Å². The highest BCUT2D eigenvalue weighted by Gasteiger charge is 2.39. The molecule has 0 saturated carbocycles. The van der Waals surface area contributed by atoms with Gasteiger partial charge < -0.3 is 0 Å². The Labute approximate surface area is 98.3 Å². The summed E-state index contributed by atoms with van der Waals surface area (Å²) >= 11 is 0. The lowest BCUT2D eigenvalue weighted by Gasteiger charge is -2.22. The van der Waals surface area contributed by atoms with Crippen molar-refractivity contribution in [2.45, 2.75) is 52.7 Å². The maximum absolute atomic E-state index is 12.0. The van der Waals surface area contributed by atoms with E-state index in [-0.39, 0.29) is 18.1 Å². The molecule has 1 rings (SSSR count). The molecular weight excluding hydrogens is 204 g/mol. The van der Waals surface area contributed by atoms with Crippen molar-refractivity contribution in [1.29, 1.82) is 0 Å². The molecule has 0 spiro atoms. The molecule has 1 heterocycles. The first-order chi connectivity index (χ1) is 7.45. The Hall–Kier alpha value is -0.610. The normalized spacial score (nSPS) is 26.2. The van der Waals surface area contributed by atoms with Gasteiger partial charge in [0.05, 0.1) is 13.2 Å². The minimum Gasteiger partial charge on any atom is -0.284 e. The van der Waals surface area contributed by atoms with Gasteiger partial charge in [-0.2, -0.15) is 0 Å². The zero-order chi connectivity index (χ0) is 12.3. The largest absolute Gasteiger partial charge is 0.284 e. The van der Waals surface area contributed by atoms with Gasteiger partial charge in [-0.3, -0.25) is 14.9 Å². The van der Waals surface area contributed by atoms with Crippen LogP contribution in [0.2, 0.25) is 0 Å². The second-order valence-electron chi connectivity index (χ2n) is 5.34. The lowest BCUT2D eigenvalue weighted by atomic mass is 10.0. The third-order valence-electron chi connectivity index (χ3n) is 2.79. The summed E-state index contributed by atoms with van der Waals surface area (Å²) in [6.07, 6.45) is 1.82. The van der Waals surface area contributed by atoms with Gasteiger partial charge in [0.25, 0.3) is 5.91 Å². The molecule has 1 aliphatic rings. The van der Waals surface area contributed by atoms with E-state index >= 15 is 0 Å². The van der Waals surface area contributed by atoms with Gasteiger partial charge in [-0.1, -0.05) is 27.7 Å². The van der Waals surface area contributed by atoms with Gasteiger partial charge in [0.1, 0.15) is 6.17 Å². The molecule has 4 nitrogen and oxygen atoms in total. The van der Waals surface area contributed by atoms with E-state index < -0.39 is 0 Å². The van der Waals surface area contributed by atoms with E-state index in [1.165, 1.54) is 5.06 Å². The number of hydroxylamine groups is 2.